The third kappa shape index (κ3) is 3.41. The molecule has 148 valence electrons. The fraction of sp³-hybridized carbons (Fsp3) is 0.333. The summed E-state index contributed by atoms with van der Waals surface area (Å²) in [6.07, 6.45) is 4.28. The fourth-order valence-electron chi connectivity index (χ4n) is 3.97. The molecule has 2 aromatic carbocycles. The largest absolute Gasteiger partial charge is 0.490 e. The van der Waals surface area contributed by atoms with Crippen molar-refractivity contribution in [3.05, 3.63) is 59.9 Å². The highest BCUT2D eigenvalue weighted by Crippen LogP contribution is 2.38. The Labute approximate surface area is 168 Å². The van der Waals surface area contributed by atoms with Crippen LogP contribution in [-0.2, 0) is 0 Å². The van der Waals surface area contributed by atoms with E-state index in [0.717, 1.165) is 48.6 Å². The van der Waals surface area contributed by atoms with E-state index in [4.69, 9.17) is 9.47 Å². The number of carbonyl (C=O) groups is 1. The first-order valence-electron chi connectivity index (χ1n) is 9.83. The molecule has 0 radical (unpaired) electrons. The Hall–Kier alpha value is -3.42. The third-order valence-electron chi connectivity index (χ3n) is 5.38. The maximum absolute atomic E-state index is 13.3. The molecule has 1 atom stereocenters. The maximum Gasteiger partial charge on any atom is 0.254 e. The van der Waals surface area contributed by atoms with Crippen LogP contribution in [0.3, 0.4) is 0 Å². The Kier molecular flexibility index (Phi) is 4.59. The van der Waals surface area contributed by atoms with Crippen molar-refractivity contribution in [2.24, 2.45) is 0 Å². The lowest BCUT2D eigenvalue weighted by atomic mass is 10.0. The number of carbonyl (C=O) groups excluding carboxylic acids is 1. The first-order chi connectivity index (χ1) is 14.3. The number of hydrogen-bond donors (Lipinski definition) is 0. The number of rotatable bonds is 3. The summed E-state index contributed by atoms with van der Waals surface area (Å²) in [4.78, 5) is 15.2. The quantitative estimate of drug-likeness (QED) is 0.683. The highest BCUT2D eigenvalue weighted by Gasteiger charge is 2.31. The zero-order chi connectivity index (χ0) is 19.6. The van der Waals surface area contributed by atoms with Gasteiger partial charge in [-0.05, 0) is 59.2 Å². The van der Waals surface area contributed by atoms with Gasteiger partial charge in [0.05, 0.1) is 24.9 Å². The number of nitrogens with zero attached hydrogens (tertiary/aromatic N) is 5. The van der Waals surface area contributed by atoms with E-state index >= 15 is 0 Å². The van der Waals surface area contributed by atoms with Crippen LogP contribution in [0.4, 0.5) is 0 Å². The monoisotopic (exact) mass is 391 g/mol. The molecule has 0 bridgehead atoms. The smallest absolute Gasteiger partial charge is 0.254 e. The molecule has 5 rings (SSSR count). The number of ether oxygens (including phenoxy) is 2. The molecule has 3 heterocycles. The van der Waals surface area contributed by atoms with Crippen LogP contribution >= 0.6 is 0 Å². The second-order valence-corrected chi connectivity index (χ2v) is 7.22. The summed E-state index contributed by atoms with van der Waals surface area (Å²) in [6.45, 7) is 2.04. The summed E-state index contributed by atoms with van der Waals surface area (Å²) < 4.78 is 13.1. The summed E-state index contributed by atoms with van der Waals surface area (Å²) in [7, 11) is 0. The Morgan fingerprint density at radius 1 is 1.03 bits per heavy atom. The molecule has 0 N–H and O–H groups in total. The van der Waals surface area contributed by atoms with Gasteiger partial charge >= 0.3 is 0 Å². The van der Waals surface area contributed by atoms with Gasteiger partial charge < -0.3 is 14.4 Å². The average Bonchev–Trinajstić information content (AvgIpc) is 3.42. The van der Waals surface area contributed by atoms with Crippen LogP contribution in [0.2, 0.25) is 0 Å². The molecule has 2 aliphatic rings. The molecule has 0 unspecified atom stereocenters. The Balaban J connectivity index is 1.42. The zero-order valence-corrected chi connectivity index (χ0v) is 15.9. The van der Waals surface area contributed by atoms with Gasteiger partial charge in [-0.2, -0.15) is 0 Å². The number of likely N-dealkylation sites (tertiary alicyclic amines) is 1. The van der Waals surface area contributed by atoms with E-state index in [-0.39, 0.29) is 11.9 Å². The van der Waals surface area contributed by atoms with E-state index < -0.39 is 0 Å². The van der Waals surface area contributed by atoms with Crippen LogP contribution in [-0.4, -0.2) is 50.8 Å². The summed E-state index contributed by atoms with van der Waals surface area (Å²) in [6, 6.07) is 13.4. The van der Waals surface area contributed by atoms with Gasteiger partial charge in [-0.3, -0.25) is 4.79 Å². The van der Waals surface area contributed by atoms with Gasteiger partial charge in [0.25, 0.3) is 5.91 Å². The molecule has 0 saturated carbocycles. The SMILES string of the molecule is O=C(c1cccc(-n2cnnn2)c1)N1CCC[C@H]1c1ccc2c(c1)OCCCO2. The maximum atomic E-state index is 13.3. The predicted molar refractivity (Wildman–Crippen MR) is 104 cm³/mol. The number of amides is 1. The number of fused-ring (bicyclic) bond motifs is 1. The molecule has 1 fully saturated rings. The van der Waals surface area contributed by atoms with Crippen molar-refractivity contribution < 1.29 is 14.3 Å². The van der Waals surface area contributed by atoms with Crippen LogP contribution in [0.25, 0.3) is 5.69 Å². The van der Waals surface area contributed by atoms with Gasteiger partial charge in [-0.1, -0.05) is 12.1 Å². The Morgan fingerprint density at radius 2 is 1.93 bits per heavy atom. The minimum absolute atomic E-state index is 0.00883. The molecule has 0 aliphatic carbocycles. The zero-order valence-electron chi connectivity index (χ0n) is 15.9. The molecule has 8 heteroatoms. The lowest BCUT2D eigenvalue weighted by molar-refractivity contribution is 0.0735. The van der Waals surface area contributed by atoms with Gasteiger partial charge in [-0.25, -0.2) is 4.68 Å². The molecule has 1 amide bonds. The summed E-state index contributed by atoms with van der Waals surface area (Å²) in [5.74, 6) is 1.55. The average molecular weight is 391 g/mol. The molecule has 0 spiro atoms. The van der Waals surface area contributed by atoms with E-state index in [2.05, 4.69) is 15.5 Å². The van der Waals surface area contributed by atoms with Crippen molar-refractivity contribution >= 4 is 5.91 Å². The van der Waals surface area contributed by atoms with Crippen LogP contribution in [0.1, 0.15) is 41.2 Å². The van der Waals surface area contributed by atoms with Crippen LogP contribution in [0.5, 0.6) is 11.5 Å². The van der Waals surface area contributed by atoms with Crippen molar-refractivity contribution in [1.29, 1.82) is 0 Å². The number of tetrazole rings is 1. The summed E-state index contributed by atoms with van der Waals surface area (Å²) in [5, 5.41) is 11.2. The summed E-state index contributed by atoms with van der Waals surface area (Å²) in [5.41, 5.74) is 2.46. The van der Waals surface area contributed by atoms with E-state index in [9.17, 15) is 4.79 Å². The number of hydrogen-bond acceptors (Lipinski definition) is 6. The van der Waals surface area contributed by atoms with Crippen molar-refractivity contribution in [1.82, 2.24) is 25.1 Å². The molecular formula is C21H21N5O3. The molecule has 3 aromatic rings. The van der Waals surface area contributed by atoms with E-state index in [1.807, 2.05) is 47.4 Å². The van der Waals surface area contributed by atoms with E-state index in [1.165, 1.54) is 6.33 Å². The molecule has 29 heavy (non-hydrogen) atoms. The van der Waals surface area contributed by atoms with Gasteiger partial charge in [0, 0.05) is 18.5 Å². The minimum atomic E-state index is 0.00883. The fourth-order valence-corrected chi connectivity index (χ4v) is 3.97. The van der Waals surface area contributed by atoms with Crippen LogP contribution in [0, 0.1) is 0 Å². The van der Waals surface area contributed by atoms with Crippen molar-refractivity contribution in [2.45, 2.75) is 25.3 Å². The third-order valence-corrected chi connectivity index (χ3v) is 5.38. The summed E-state index contributed by atoms with van der Waals surface area (Å²) >= 11 is 0. The van der Waals surface area contributed by atoms with Crippen LogP contribution in [0.15, 0.2) is 48.8 Å². The molecule has 1 saturated heterocycles. The number of aromatic nitrogens is 4. The van der Waals surface area contributed by atoms with Crippen LogP contribution < -0.4 is 9.47 Å². The molecule has 1 aromatic heterocycles. The minimum Gasteiger partial charge on any atom is -0.490 e. The highest BCUT2D eigenvalue weighted by molar-refractivity contribution is 5.95. The Morgan fingerprint density at radius 3 is 2.79 bits per heavy atom. The standard InChI is InChI=1S/C21H21N5O3/c27-21(16-4-1-5-17(12-16)26-14-22-23-24-26)25-9-2-6-18(25)15-7-8-19-20(13-15)29-11-3-10-28-19/h1,4-5,7-8,12-14,18H,2-3,6,9-11H2/t18-/m0/s1. The number of benzene rings is 2. The van der Waals surface area contributed by atoms with E-state index in [0.29, 0.717) is 18.8 Å². The Bertz CT molecular complexity index is 1020. The lowest BCUT2D eigenvalue weighted by Gasteiger charge is -2.26. The predicted octanol–water partition coefficient (Wildman–Crippen LogP) is 2.80. The van der Waals surface area contributed by atoms with Crippen molar-refractivity contribution in [3.63, 3.8) is 0 Å². The first-order valence-corrected chi connectivity index (χ1v) is 9.83. The lowest BCUT2D eigenvalue weighted by Crippen LogP contribution is -2.30. The van der Waals surface area contributed by atoms with Gasteiger partial charge in [0.15, 0.2) is 11.5 Å². The second-order valence-electron chi connectivity index (χ2n) is 7.22. The van der Waals surface area contributed by atoms with Gasteiger partial charge in [0.2, 0.25) is 0 Å². The first kappa shape index (κ1) is 17.7. The molecule has 8 nitrogen and oxygen atoms in total. The second kappa shape index (κ2) is 7.54. The van der Waals surface area contributed by atoms with E-state index in [1.54, 1.807) is 4.68 Å². The van der Waals surface area contributed by atoms with Crippen molar-refractivity contribution in [2.75, 3.05) is 19.8 Å². The van der Waals surface area contributed by atoms with Gasteiger partial charge in [0.1, 0.15) is 6.33 Å². The van der Waals surface area contributed by atoms with Crippen molar-refractivity contribution in [3.8, 4) is 17.2 Å². The molecule has 2 aliphatic heterocycles. The normalized spacial score (nSPS) is 18.5. The highest BCUT2D eigenvalue weighted by atomic mass is 16.5. The van der Waals surface area contributed by atoms with Gasteiger partial charge in [-0.15, -0.1) is 5.10 Å². The molecular weight excluding hydrogens is 370 g/mol. The topological polar surface area (TPSA) is 82.4 Å².